The van der Waals surface area contributed by atoms with Crippen molar-refractivity contribution in [3.63, 3.8) is 0 Å². The molecule has 3 aromatic rings. The van der Waals surface area contributed by atoms with Crippen LogP contribution in [0.5, 0.6) is 0 Å². The summed E-state index contributed by atoms with van der Waals surface area (Å²) in [5.41, 5.74) is 2.09. The van der Waals surface area contributed by atoms with Crippen LogP contribution in [-0.2, 0) is 9.59 Å². The smallest absolute Gasteiger partial charge is 0.313 e. The van der Waals surface area contributed by atoms with Gasteiger partial charge in [-0.3, -0.25) is 19.5 Å². The number of anilines is 1. The minimum absolute atomic E-state index is 0.166. The van der Waals surface area contributed by atoms with Crippen molar-refractivity contribution in [3.05, 3.63) is 60.2 Å². The van der Waals surface area contributed by atoms with Gasteiger partial charge >= 0.3 is 11.8 Å². The number of hydrogen-bond acceptors (Lipinski definition) is 5. The summed E-state index contributed by atoms with van der Waals surface area (Å²) in [5.74, 6) is -0.703. The Morgan fingerprint density at radius 2 is 1.93 bits per heavy atom. The molecule has 27 heavy (non-hydrogen) atoms. The molecular formula is C20H22N4O3. The lowest BCUT2D eigenvalue weighted by Gasteiger charge is -2.22. The number of likely N-dealkylation sites (N-methyl/N-ethyl adjacent to an activating group) is 1. The van der Waals surface area contributed by atoms with Gasteiger partial charge in [0.05, 0.1) is 23.5 Å². The van der Waals surface area contributed by atoms with Crippen molar-refractivity contribution >= 4 is 28.4 Å². The molecule has 140 valence electrons. The van der Waals surface area contributed by atoms with E-state index in [0.29, 0.717) is 5.69 Å². The Morgan fingerprint density at radius 1 is 1.15 bits per heavy atom. The zero-order chi connectivity index (χ0) is 19.4. The number of carbonyl (C=O) groups is 2. The normalized spacial score (nSPS) is 12.1. The fraction of sp³-hybridized carbons (Fsp3) is 0.250. The first kappa shape index (κ1) is 18.6. The van der Waals surface area contributed by atoms with Gasteiger partial charge in [0.25, 0.3) is 0 Å². The highest BCUT2D eigenvalue weighted by atomic mass is 16.3. The Labute approximate surface area is 157 Å². The highest BCUT2D eigenvalue weighted by Crippen LogP contribution is 2.23. The van der Waals surface area contributed by atoms with Crippen LogP contribution in [0.4, 0.5) is 5.69 Å². The first-order valence-electron chi connectivity index (χ1n) is 8.61. The topological polar surface area (TPSA) is 87.5 Å². The van der Waals surface area contributed by atoms with Crippen LogP contribution in [0.2, 0.25) is 0 Å². The molecular weight excluding hydrogens is 344 g/mol. The maximum absolute atomic E-state index is 12.4. The summed E-state index contributed by atoms with van der Waals surface area (Å²) < 4.78 is 5.41. The van der Waals surface area contributed by atoms with E-state index in [2.05, 4.69) is 15.6 Å². The van der Waals surface area contributed by atoms with Gasteiger partial charge in [-0.1, -0.05) is 18.2 Å². The highest BCUT2D eigenvalue weighted by molar-refractivity contribution is 6.40. The van der Waals surface area contributed by atoms with E-state index in [1.807, 2.05) is 56.3 Å². The van der Waals surface area contributed by atoms with Gasteiger partial charge < -0.3 is 15.1 Å². The van der Waals surface area contributed by atoms with Crippen LogP contribution in [0.1, 0.15) is 17.5 Å². The predicted molar refractivity (Wildman–Crippen MR) is 103 cm³/mol. The molecule has 7 nitrogen and oxygen atoms in total. The third-order valence-corrected chi connectivity index (χ3v) is 4.25. The van der Waals surface area contributed by atoms with E-state index in [1.165, 1.54) is 0 Å². The van der Waals surface area contributed by atoms with E-state index in [9.17, 15) is 9.59 Å². The predicted octanol–water partition coefficient (Wildman–Crippen LogP) is 2.49. The standard InChI is InChI=1S/C20H22N4O3/c1-13-11-16(14-7-4-5-8-15(14)22-13)23-20(26)19(25)21-12-17(24(2)3)18-9-6-10-27-18/h4-11,17H,12H2,1-3H3,(H,21,25)(H,22,23,26)/t17-/m0/s1. The quantitative estimate of drug-likeness (QED) is 0.678. The van der Waals surface area contributed by atoms with Crippen LogP contribution in [0, 0.1) is 6.92 Å². The molecule has 0 saturated carbocycles. The Kier molecular flexibility index (Phi) is 5.52. The lowest BCUT2D eigenvalue weighted by atomic mass is 10.1. The minimum atomic E-state index is -0.720. The average Bonchev–Trinajstić information content (AvgIpc) is 3.15. The molecule has 2 amide bonds. The van der Waals surface area contributed by atoms with Gasteiger partial charge in [-0.15, -0.1) is 0 Å². The highest BCUT2D eigenvalue weighted by Gasteiger charge is 2.21. The number of rotatable bonds is 5. The van der Waals surface area contributed by atoms with E-state index in [0.717, 1.165) is 22.4 Å². The number of fused-ring (bicyclic) bond motifs is 1. The summed E-state index contributed by atoms with van der Waals surface area (Å²) in [4.78, 5) is 31.0. The number of hydrogen-bond donors (Lipinski definition) is 2. The van der Waals surface area contributed by atoms with Crippen molar-refractivity contribution in [2.75, 3.05) is 26.0 Å². The average molecular weight is 366 g/mol. The number of para-hydroxylation sites is 1. The van der Waals surface area contributed by atoms with Crippen LogP contribution in [-0.4, -0.2) is 42.3 Å². The maximum atomic E-state index is 12.4. The number of benzene rings is 1. The second-order valence-corrected chi connectivity index (χ2v) is 6.49. The van der Waals surface area contributed by atoms with E-state index in [-0.39, 0.29) is 12.6 Å². The first-order chi connectivity index (χ1) is 13.0. The molecule has 1 atom stereocenters. The molecule has 0 spiro atoms. The lowest BCUT2D eigenvalue weighted by Crippen LogP contribution is -2.40. The maximum Gasteiger partial charge on any atom is 0.313 e. The number of pyridine rings is 1. The largest absolute Gasteiger partial charge is 0.468 e. The summed E-state index contributed by atoms with van der Waals surface area (Å²) in [5, 5.41) is 6.14. The molecule has 0 aliphatic heterocycles. The van der Waals surface area contributed by atoms with Crippen molar-refractivity contribution in [1.82, 2.24) is 15.2 Å². The van der Waals surface area contributed by atoms with Gasteiger partial charge in [0.1, 0.15) is 5.76 Å². The van der Waals surface area contributed by atoms with E-state index < -0.39 is 11.8 Å². The summed E-state index contributed by atoms with van der Waals surface area (Å²) >= 11 is 0. The number of amides is 2. The number of furan rings is 1. The second kappa shape index (κ2) is 8.01. The van der Waals surface area contributed by atoms with Crippen molar-refractivity contribution in [1.29, 1.82) is 0 Å². The Bertz CT molecular complexity index is 951. The van der Waals surface area contributed by atoms with Gasteiger partial charge in [-0.25, -0.2) is 0 Å². The van der Waals surface area contributed by atoms with Gasteiger partial charge in [0, 0.05) is 17.6 Å². The van der Waals surface area contributed by atoms with Gasteiger partial charge in [0.2, 0.25) is 0 Å². The van der Waals surface area contributed by atoms with Crippen LogP contribution >= 0.6 is 0 Å². The Morgan fingerprint density at radius 3 is 2.63 bits per heavy atom. The number of nitrogens with zero attached hydrogens (tertiary/aromatic N) is 2. The van der Waals surface area contributed by atoms with Crippen LogP contribution < -0.4 is 10.6 Å². The molecule has 2 heterocycles. The molecule has 3 rings (SSSR count). The van der Waals surface area contributed by atoms with Gasteiger partial charge in [-0.05, 0) is 45.3 Å². The first-order valence-corrected chi connectivity index (χ1v) is 8.61. The molecule has 0 unspecified atom stereocenters. The molecule has 0 aliphatic rings. The summed E-state index contributed by atoms with van der Waals surface area (Å²) in [6.45, 7) is 2.09. The van der Waals surface area contributed by atoms with Crippen molar-refractivity contribution in [2.24, 2.45) is 0 Å². The molecule has 2 aromatic heterocycles. The second-order valence-electron chi connectivity index (χ2n) is 6.49. The minimum Gasteiger partial charge on any atom is -0.468 e. The molecule has 0 bridgehead atoms. The van der Waals surface area contributed by atoms with Gasteiger partial charge in [0.15, 0.2) is 0 Å². The summed E-state index contributed by atoms with van der Waals surface area (Å²) in [6, 6.07) is 12.7. The molecule has 2 N–H and O–H groups in total. The molecule has 0 radical (unpaired) electrons. The molecule has 7 heteroatoms. The summed E-state index contributed by atoms with van der Waals surface area (Å²) in [7, 11) is 3.76. The van der Waals surface area contributed by atoms with Gasteiger partial charge in [-0.2, -0.15) is 0 Å². The third-order valence-electron chi connectivity index (χ3n) is 4.25. The molecule has 0 aliphatic carbocycles. The summed E-state index contributed by atoms with van der Waals surface area (Å²) in [6.07, 6.45) is 1.58. The molecule has 1 aromatic carbocycles. The van der Waals surface area contributed by atoms with Crippen LogP contribution in [0.15, 0.2) is 53.1 Å². The van der Waals surface area contributed by atoms with E-state index in [1.54, 1.807) is 18.4 Å². The number of carbonyl (C=O) groups excluding carboxylic acids is 2. The van der Waals surface area contributed by atoms with Crippen LogP contribution in [0.3, 0.4) is 0 Å². The third kappa shape index (κ3) is 4.32. The van der Waals surface area contributed by atoms with Crippen molar-refractivity contribution in [3.8, 4) is 0 Å². The number of nitrogens with one attached hydrogen (secondary N) is 2. The van der Waals surface area contributed by atoms with Crippen molar-refractivity contribution < 1.29 is 14.0 Å². The molecule has 0 fully saturated rings. The van der Waals surface area contributed by atoms with Crippen molar-refractivity contribution in [2.45, 2.75) is 13.0 Å². The number of aryl methyl sites for hydroxylation is 1. The van der Waals surface area contributed by atoms with Crippen LogP contribution in [0.25, 0.3) is 10.9 Å². The lowest BCUT2D eigenvalue weighted by molar-refractivity contribution is -0.136. The Balaban J connectivity index is 1.69. The monoisotopic (exact) mass is 366 g/mol. The zero-order valence-electron chi connectivity index (χ0n) is 15.5. The SMILES string of the molecule is Cc1cc(NC(=O)C(=O)NC[C@@H](c2ccco2)N(C)C)c2ccccc2n1. The number of aromatic nitrogens is 1. The van der Waals surface area contributed by atoms with E-state index >= 15 is 0 Å². The Hall–Kier alpha value is -3.19. The molecule has 0 saturated heterocycles. The van der Waals surface area contributed by atoms with E-state index in [4.69, 9.17) is 4.42 Å². The fourth-order valence-corrected chi connectivity index (χ4v) is 2.88. The zero-order valence-corrected chi connectivity index (χ0v) is 15.5. The fourth-order valence-electron chi connectivity index (χ4n) is 2.88.